The van der Waals surface area contributed by atoms with Gasteiger partial charge >= 0.3 is 0 Å². The molecule has 4 aliphatic rings. The van der Waals surface area contributed by atoms with E-state index in [1.807, 2.05) is 12.3 Å². The van der Waals surface area contributed by atoms with Gasteiger partial charge in [0.1, 0.15) is 5.69 Å². The average molecular weight is 547 g/mol. The second-order valence-electron chi connectivity index (χ2n) is 11.7. The molecule has 0 saturated carbocycles. The van der Waals surface area contributed by atoms with Crippen LogP contribution in [-0.2, 0) is 13.1 Å². The summed E-state index contributed by atoms with van der Waals surface area (Å²) in [5.41, 5.74) is 13.7. The molecule has 214 valence electrons. The maximum absolute atomic E-state index is 11.4. The van der Waals surface area contributed by atoms with Crippen LogP contribution in [-0.4, -0.2) is 93.6 Å². The fraction of sp³-hybridized carbons (Fsp3) is 0.533. The fourth-order valence-corrected chi connectivity index (χ4v) is 6.22. The van der Waals surface area contributed by atoms with Crippen LogP contribution in [0.1, 0.15) is 47.9 Å². The summed E-state index contributed by atoms with van der Waals surface area (Å²) in [6.07, 6.45) is 8.15. The summed E-state index contributed by atoms with van der Waals surface area (Å²) in [6.45, 7) is 5.34. The molecule has 0 radical (unpaired) electrons. The first-order chi connectivity index (χ1) is 19.2. The van der Waals surface area contributed by atoms with Gasteiger partial charge in [-0.2, -0.15) is 0 Å². The highest BCUT2D eigenvalue weighted by atomic mass is 16.6. The summed E-state index contributed by atoms with van der Waals surface area (Å²) in [7, 11) is 8.52. The van der Waals surface area contributed by atoms with Gasteiger partial charge in [0.25, 0.3) is 5.69 Å². The number of nitrogen functional groups attached to an aromatic ring is 1. The van der Waals surface area contributed by atoms with Crippen molar-refractivity contribution in [2.45, 2.75) is 50.9 Å². The highest BCUT2D eigenvalue weighted by Gasteiger charge is 2.28. The van der Waals surface area contributed by atoms with E-state index in [0.29, 0.717) is 18.6 Å². The molecular formula is C30H42N8O2. The van der Waals surface area contributed by atoms with Crippen LogP contribution in [0, 0.1) is 10.1 Å². The first kappa shape index (κ1) is 28.0. The Morgan fingerprint density at radius 2 is 1.23 bits per heavy atom. The average Bonchev–Trinajstić information content (AvgIpc) is 3.61. The van der Waals surface area contributed by atoms with Crippen molar-refractivity contribution in [3.63, 3.8) is 0 Å². The van der Waals surface area contributed by atoms with Gasteiger partial charge in [0.15, 0.2) is 0 Å². The first-order valence-corrected chi connectivity index (χ1v) is 14.3. The lowest BCUT2D eigenvalue weighted by Gasteiger charge is -2.37. The number of fused-ring (bicyclic) bond motifs is 2. The number of anilines is 3. The van der Waals surface area contributed by atoms with E-state index in [2.05, 4.69) is 69.9 Å². The summed E-state index contributed by atoms with van der Waals surface area (Å²) in [5.74, 6) is 0. The van der Waals surface area contributed by atoms with Gasteiger partial charge in [-0.1, -0.05) is 0 Å². The van der Waals surface area contributed by atoms with Crippen molar-refractivity contribution >= 4 is 35.2 Å². The molecule has 0 unspecified atom stereocenters. The van der Waals surface area contributed by atoms with Gasteiger partial charge in [0.05, 0.1) is 29.4 Å². The highest BCUT2D eigenvalue weighted by Crippen LogP contribution is 2.35. The van der Waals surface area contributed by atoms with E-state index in [1.165, 1.54) is 29.7 Å². The summed E-state index contributed by atoms with van der Waals surface area (Å²) < 4.78 is 0. The molecule has 40 heavy (non-hydrogen) atoms. The second kappa shape index (κ2) is 11.9. The molecule has 6 rings (SSSR count). The predicted molar refractivity (Wildman–Crippen MR) is 164 cm³/mol. The topological polar surface area (TPSA) is 107 Å². The summed E-state index contributed by atoms with van der Waals surface area (Å²) in [6, 6.07) is 9.19. The van der Waals surface area contributed by atoms with E-state index >= 15 is 0 Å². The Morgan fingerprint density at radius 1 is 0.775 bits per heavy atom. The van der Waals surface area contributed by atoms with Gasteiger partial charge in [-0.15, -0.1) is 0 Å². The van der Waals surface area contributed by atoms with Crippen molar-refractivity contribution in [1.29, 1.82) is 0 Å². The van der Waals surface area contributed by atoms with Gasteiger partial charge in [0, 0.05) is 62.3 Å². The largest absolute Gasteiger partial charge is 0.397 e. The number of hydrogen-bond donors (Lipinski definition) is 1. The van der Waals surface area contributed by atoms with E-state index < -0.39 is 0 Å². The molecule has 2 fully saturated rings. The van der Waals surface area contributed by atoms with Gasteiger partial charge in [-0.3, -0.25) is 20.1 Å². The number of aliphatic imine (C=N–C) groups is 2. The third-order valence-corrected chi connectivity index (χ3v) is 8.78. The predicted octanol–water partition coefficient (Wildman–Crippen LogP) is 3.79. The molecular weight excluding hydrogens is 504 g/mol. The molecule has 0 amide bonds. The zero-order chi connectivity index (χ0) is 28.4. The molecule has 0 aliphatic carbocycles. The minimum absolute atomic E-state index is 0.199. The molecule has 4 aliphatic heterocycles. The number of nitro groups is 1. The lowest BCUT2D eigenvalue weighted by atomic mass is 10.0. The molecule has 0 bridgehead atoms. The zero-order valence-electron chi connectivity index (χ0n) is 24.2. The molecule has 2 saturated heterocycles. The Morgan fingerprint density at radius 3 is 1.70 bits per heavy atom. The molecule has 4 heterocycles. The first-order valence-electron chi connectivity index (χ1n) is 14.3. The SMILES string of the molecule is CN(C)C1CCN(c2cc3c(cc2N)C=NC3)CC1.CN(C)C1CCN(c2cc3c(cc2[N+](=O)[O-])C=NC3)CC1. The van der Waals surface area contributed by atoms with Crippen LogP contribution in [0.3, 0.4) is 0 Å². The van der Waals surface area contributed by atoms with Gasteiger partial charge < -0.3 is 25.3 Å². The maximum atomic E-state index is 11.4. The highest BCUT2D eigenvalue weighted by molar-refractivity contribution is 5.89. The molecule has 0 atom stereocenters. The Labute approximate surface area is 237 Å². The van der Waals surface area contributed by atoms with Crippen LogP contribution in [0.25, 0.3) is 0 Å². The van der Waals surface area contributed by atoms with E-state index in [-0.39, 0.29) is 10.6 Å². The number of benzene rings is 2. The standard InChI is InChI=1S/C15H20N4O2.C15H22N4/c1-17(2)13-3-5-18(6-4-13)14-7-11-9-16-10-12(11)8-15(14)19(20)21;1-18(2)13-3-5-19(6-4-13)15-8-12-10-17-9-11(12)7-14(15)16/h7-8,10,13H,3-6,9H2,1-2H3;7-9,13H,3-6,10,16H2,1-2H3. The van der Waals surface area contributed by atoms with E-state index in [4.69, 9.17) is 5.73 Å². The number of rotatable bonds is 5. The molecule has 2 N–H and O–H groups in total. The van der Waals surface area contributed by atoms with Crippen molar-refractivity contribution in [3.05, 3.63) is 56.6 Å². The van der Waals surface area contributed by atoms with Gasteiger partial charge in [-0.25, -0.2) is 0 Å². The zero-order valence-corrected chi connectivity index (χ0v) is 24.2. The van der Waals surface area contributed by atoms with Crippen LogP contribution in [0.15, 0.2) is 34.3 Å². The van der Waals surface area contributed by atoms with Crippen molar-refractivity contribution < 1.29 is 4.92 Å². The second-order valence-corrected chi connectivity index (χ2v) is 11.7. The lowest BCUT2D eigenvalue weighted by Crippen LogP contribution is -2.42. The number of nitro benzene ring substituents is 1. The van der Waals surface area contributed by atoms with E-state index in [9.17, 15) is 10.1 Å². The molecule has 10 nitrogen and oxygen atoms in total. The van der Waals surface area contributed by atoms with E-state index in [0.717, 1.165) is 68.1 Å². The van der Waals surface area contributed by atoms with Crippen LogP contribution < -0.4 is 15.5 Å². The van der Waals surface area contributed by atoms with E-state index in [1.54, 1.807) is 12.3 Å². The van der Waals surface area contributed by atoms with Crippen molar-refractivity contribution in [2.24, 2.45) is 9.98 Å². The molecule has 2 aromatic carbocycles. The van der Waals surface area contributed by atoms with Gasteiger partial charge in [0.2, 0.25) is 0 Å². The minimum atomic E-state index is -0.278. The Kier molecular flexibility index (Phi) is 8.37. The summed E-state index contributed by atoms with van der Waals surface area (Å²) >= 11 is 0. The Hall–Kier alpha value is -3.50. The smallest absolute Gasteiger partial charge is 0.293 e. The third kappa shape index (κ3) is 5.97. The van der Waals surface area contributed by atoms with Crippen LogP contribution >= 0.6 is 0 Å². The van der Waals surface area contributed by atoms with Crippen LogP contribution in [0.2, 0.25) is 0 Å². The lowest BCUT2D eigenvalue weighted by molar-refractivity contribution is -0.384. The third-order valence-electron chi connectivity index (χ3n) is 8.78. The molecule has 2 aromatic rings. The van der Waals surface area contributed by atoms with Crippen LogP contribution in [0.5, 0.6) is 0 Å². The monoisotopic (exact) mass is 546 g/mol. The van der Waals surface area contributed by atoms with Crippen molar-refractivity contribution in [3.8, 4) is 0 Å². The van der Waals surface area contributed by atoms with Crippen LogP contribution in [0.4, 0.5) is 22.7 Å². The number of piperidine rings is 2. The normalized spacial score (nSPS) is 18.8. The molecule has 10 heteroatoms. The minimum Gasteiger partial charge on any atom is -0.397 e. The number of nitrogens with two attached hydrogens (primary N) is 1. The Balaban J connectivity index is 0.000000162. The van der Waals surface area contributed by atoms with Crippen molar-refractivity contribution in [1.82, 2.24) is 9.80 Å². The number of hydrogen-bond acceptors (Lipinski definition) is 9. The molecule has 0 aromatic heterocycles. The fourth-order valence-electron chi connectivity index (χ4n) is 6.22. The summed E-state index contributed by atoms with van der Waals surface area (Å²) in [5, 5.41) is 11.4. The number of nitrogens with zero attached hydrogens (tertiary/aromatic N) is 7. The molecule has 0 spiro atoms. The van der Waals surface area contributed by atoms with Gasteiger partial charge in [-0.05, 0) is 88.8 Å². The Bertz CT molecular complexity index is 1290. The maximum Gasteiger partial charge on any atom is 0.293 e. The summed E-state index contributed by atoms with van der Waals surface area (Å²) in [4.78, 5) is 28.7. The van der Waals surface area contributed by atoms with Crippen molar-refractivity contribution in [2.75, 3.05) is 69.9 Å². The quantitative estimate of drug-likeness (QED) is 0.345.